The molecule has 1 aliphatic heterocycles. The molecule has 29 heavy (non-hydrogen) atoms. The van der Waals surface area contributed by atoms with E-state index in [0.29, 0.717) is 16.0 Å². The van der Waals surface area contributed by atoms with Crippen LogP contribution >= 0.6 is 39.1 Å². The molecular formula is C22H24BrCl2N3O. The Kier molecular flexibility index (Phi) is 6.12. The largest absolute Gasteiger partial charge is 0.396 e. The number of fused-ring (bicyclic) bond motifs is 1. The highest BCUT2D eigenvalue weighted by Gasteiger charge is 2.24. The molecule has 0 amide bonds. The Bertz CT molecular complexity index is 1030. The van der Waals surface area contributed by atoms with Crippen LogP contribution in [0.5, 0.6) is 0 Å². The highest BCUT2D eigenvalue weighted by Crippen LogP contribution is 2.39. The Labute approximate surface area is 189 Å². The molecule has 154 valence electrons. The normalized spacial score (nSPS) is 15.4. The van der Waals surface area contributed by atoms with Crippen LogP contribution in [-0.4, -0.2) is 34.4 Å². The third-order valence-electron chi connectivity index (χ3n) is 5.77. The van der Waals surface area contributed by atoms with Crippen molar-refractivity contribution >= 4 is 55.9 Å². The van der Waals surface area contributed by atoms with Crippen molar-refractivity contribution in [2.45, 2.75) is 33.1 Å². The molecule has 2 aromatic heterocycles. The van der Waals surface area contributed by atoms with E-state index in [0.717, 1.165) is 64.8 Å². The number of piperidine rings is 1. The summed E-state index contributed by atoms with van der Waals surface area (Å²) in [4.78, 5) is 7.30. The first-order valence-corrected chi connectivity index (χ1v) is 11.4. The van der Waals surface area contributed by atoms with Crippen LogP contribution in [0.15, 0.2) is 28.9 Å². The lowest BCUT2D eigenvalue weighted by Crippen LogP contribution is -2.34. The lowest BCUT2D eigenvalue weighted by Gasteiger charge is -2.34. The fraction of sp³-hybridized carbons (Fsp3) is 0.409. The number of pyridine rings is 1. The lowest BCUT2D eigenvalue weighted by molar-refractivity contribution is 0.240. The predicted molar refractivity (Wildman–Crippen MR) is 125 cm³/mol. The van der Waals surface area contributed by atoms with Crippen LogP contribution in [0.4, 0.5) is 5.69 Å². The number of aromatic nitrogens is 2. The number of hydrogen-bond acceptors (Lipinski definition) is 3. The number of halogens is 3. The molecule has 1 fully saturated rings. The summed E-state index contributed by atoms with van der Waals surface area (Å²) in [6.07, 6.45) is 5.18. The molecule has 3 aromatic rings. The van der Waals surface area contributed by atoms with Crippen LogP contribution in [0.2, 0.25) is 10.0 Å². The lowest BCUT2D eigenvalue weighted by atomic mass is 9.93. The van der Waals surface area contributed by atoms with Crippen molar-refractivity contribution < 1.29 is 5.11 Å². The first kappa shape index (κ1) is 21.0. The fourth-order valence-electron chi connectivity index (χ4n) is 4.34. The Morgan fingerprint density at radius 2 is 1.79 bits per heavy atom. The number of hydrogen-bond donors (Lipinski definition) is 1. The highest BCUT2D eigenvalue weighted by molar-refractivity contribution is 9.10. The summed E-state index contributed by atoms with van der Waals surface area (Å²) in [7, 11) is 0. The number of nitrogens with zero attached hydrogens (tertiary/aromatic N) is 3. The van der Waals surface area contributed by atoms with Gasteiger partial charge < -0.3 is 10.0 Å². The van der Waals surface area contributed by atoms with Gasteiger partial charge in [0.25, 0.3) is 0 Å². The molecule has 1 aromatic carbocycles. The average molecular weight is 497 g/mol. The molecule has 0 atom stereocenters. The van der Waals surface area contributed by atoms with Gasteiger partial charge in [0.1, 0.15) is 5.65 Å². The number of rotatable bonds is 4. The molecule has 1 aliphatic rings. The molecule has 4 nitrogen and oxygen atoms in total. The fourth-order valence-corrected chi connectivity index (χ4v) is 5.73. The van der Waals surface area contributed by atoms with E-state index in [1.54, 1.807) is 0 Å². The van der Waals surface area contributed by atoms with Crippen LogP contribution < -0.4 is 4.90 Å². The van der Waals surface area contributed by atoms with Crippen LogP contribution in [0, 0.1) is 19.8 Å². The summed E-state index contributed by atoms with van der Waals surface area (Å²) >= 11 is 16.6. The Hall–Kier alpha value is -1.27. The van der Waals surface area contributed by atoms with E-state index < -0.39 is 0 Å². The Morgan fingerprint density at radius 3 is 2.41 bits per heavy atom. The summed E-state index contributed by atoms with van der Waals surface area (Å²) < 4.78 is 2.86. The van der Waals surface area contributed by atoms with Crippen molar-refractivity contribution in [1.82, 2.24) is 9.55 Å². The highest BCUT2D eigenvalue weighted by atomic mass is 79.9. The van der Waals surface area contributed by atoms with Crippen LogP contribution in [0.1, 0.15) is 30.5 Å². The van der Waals surface area contributed by atoms with Crippen molar-refractivity contribution in [3.05, 3.63) is 50.2 Å². The van der Waals surface area contributed by atoms with Crippen LogP contribution in [0.25, 0.3) is 16.7 Å². The zero-order chi connectivity index (χ0) is 20.7. The maximum absolute atomic E-state index is 9.24. The van der Waals surface area contributed by atoms with E-state index in [9.17, 15) is 5.11 Å². The minimum Gasteiger partial charge on any atom is -0.396 e. The second kappa shape index (κ2) is 8.46. The van der Waals surface area contributed by atoms with Crippen molar-refractivity contribution in [1.29, 1.82) is 0 Å². The zero-order valence-electron chi connectivity index (χ0n) is 16.6. The van der Waals surface area contributed by atoms with E-state index >= 15 is 0 Å². The molecule has 3 heterocycles. The monoisotopic (exact) mass is 495 g/mol. The average Bonchev–Trinajstić information content (AvgIpc) is 2.97. The Balaban J connectivity index is 1.82. The molecular weight excluding hydrogens is 473 g/mol. The van der Waals surface area contributed by atoms with Gasteiger partial charge in [-0.15, -0.1) is 0 Å². The van der Waals surface area contributed by atoms with Gasteiger partial charge in [-0.05, 0) is 62.8 Å². The van der Waals surface area contributed by atoms with Crippen molar-refractivity contribution in [3.63, 3.8) is 0 Å². The molecule has 0 radical (unpaired) electrons. The van der Waals surface area contributed by atoms with E-state index in [-0.39, 0.29) is 6.61 Å². The molecule has 1 N–H and O–H groups in total. The number of aliphatic hydroxyl groups is 1. The topological polar surface area (TPSA) is 41.3 Å². The van der Waals surface area contributed by atoms with E-state index in [1.807, 2.05) is 23.6 Å². The van der Waals surface area contributed by atoms with Gasteiger partial charge in [-0.25, -0.2) is 4.98 Å². The summed E-state index contributed by atoms with van der Waals surface area (Å²) in [5, 5.41) is 11.5. The van der Waals surface area contributed by atoms with Crippen molar-refractivity contribution in [2.24, 2.45) is 5.92 Å². The third-order valence-corrected chi connectivity index (χ3v) is 6.80. The van der Waals surface area contributed by atoms with Gasteiger partial charge in [-0.2, -0.15) is 0 Å². The first-order valence-electron chi connectivity index (χ1n) is 9.89. The minimum atomic E-state index is 0.278. The second-order valence-corrected chi connectivity index (χ2v) is 9.55. The summed E-state index contributed by atoms with van der Waals surface area (Å²) in [5.74, 6) is 0.612. The maximum Gasteiger partial charge on any atom is 0.147 e. The van der Waals surface area contributed by atoms with Gasteiger partial charge in [-0.3, -0.25) is 4.57 Å². The standard InChI is InChI=1S/C22H24BrCl2N3O/c1-13-12-28(21-17(24)10-16(23)11-18(21)25)22-20(13)19(9-14(2)26-22)27-6-3-15(4-7-27)5-8-29/h9-12,15,29H,3-8H2,1-2H3. The van der Waals surface area contributed by atoms with Gasteiger partial charge in [-0.1, -0.05) is 39.1 Å². The summed E-state index contributed by atoms with van der Waals surface area (Å²) in [6.45, 7) is 6.40. The van der Waals surface area contributed by atoms with Crippen molar-refractivity contribution in [3.8, 4) is 5.69 Å². The molecule has 0 spiro atoms. The number of aryl methyl sites for hydroxylation is 2. The van der Waals surface area contributed by atoms with E-state index in [1.165, 1.54) is 5.69 Å². The van der Waals surface area contributed by atoms with E-state index in [4.69, 9.17) is 28.2 Å². The summed E-state index contributed by atoms with van der Waals surface area (Å²) in [6, 6.07) is 5.88. The molecule has 7 heteroatoms. The quantitative estimate of drug-likeness (QED) is 0.460. The SMILES string of the molecule is Cc1cc(N2CCC(CCO)CC2)c2c(C)cn(-c3c(Cl)cc(Br)cc3Cl)c2n1. The van der Waals surface area contributed by atoms with Gasteiger partial charge in [0, 0.05) is 47.1 Å². The molecule has 0 saturated carbocycles. The molecule has 0 aliphatic carbocycles. The summed E-state index contributed by atoms with van der Waals surface area (Å²) in [5.41, 5.74) is 4.96. The molecule has 4 rings (SSSR count). The van der Waals surface area contributed by atoms with Crippen LogP contribution in [-0.2, 0) is 0 Å². The zero-order valence-corrected chi connectivity index (χ0v) is 19.6. The van der Waals surface area contributed by atoms with Crippen molar-refractivity contribution in [2.75, 3.05) is 24.6 Å². The number of aliphatic hydroxyl groups excluding tert-OH is 1. The smallest absolute Gasteiger partial charge is 0.147 e. The molecule has 0 unspecified atom stereocenters. The van der Waals surface area contributed by atoms with Gasteiger partial charge in [0.15, 0.2) is 0 Å². The van der Waals surface area contributed by atoms with Gasteiger partial charge >= 0.3 is 0 Å². The minimum absolute atomic E-state index is 0.278. The van der Waals surface area contributed by atoms with Gasteiger partial charge in [0.2, 0.25) is 0 Å². The Morgan fingerprint density at radius 1 is 1.14 bits per heavy atom. The molecule has 1 saturated heterocycles. The third kappa shape index (κ3) is 4.02. The first-order chi connectivity index (χ1) is 13.9. The number of anilines is 1. The maximum atomic E-state index is 9.24. The molecule has 0 bridgehead atoms. The van der Waals surface area contributed by atoms with Crippen LogP contribution in [0.3, 0.4) is 0 Å². The van der Waals surface area contributed by atoms with Gasteiger partial charge in [0.05, 0.1) is 15.7 Å². The second-order valence-electron chi connectivity index (χ2n) is 7.82. The number of benzene rings is 1. The predicted octanol–water partition coefficient (Wildman–Crippen LogP) is 6.31. The van der Waals surface area contributed by atoms with E-state index in [2.05, 4.69) is 40.0 Å².